The number of nitrogens with zero attached hydrogens (tertiary/aromatic N) is 3. The monoisotopic (exact) mass is 470 g/mol. The normalized spacial score (nSPS) is 21.8. The third-order valence-corrected chi connectivity index (χ3v) is 8.50. The molecule has 2 aromatic heterocycles. The number of primary amides is 1. The summed E-state index contributed by atoms with van der Waals surface area (Å²) in [4.78, 5) is 21.3. The number of aromatic nitrogens is 3. The maximum absolute atomic E-state index is 14.0. The van der Waals surface area contributed by atoms with Crippen molar-refractivity contribution in [2.75, 3.05) is 0 Å². The largest absolute Gasteiger partial charge is 0.366 e. The van der Waals surface area contributed by atoms with E-state index in [9.17, 15) is 9.18 Å². The van der Waals surface area contributed by atoms with Gasteiger partial charge in [0.05, 0.1) is 16.6 Å². The van der Waals surface area contributed by atoms with Crippen LogP contribution in [-0.4, -0.2) is 20.4 Å². The lowest BCUT2D eigenvalue weighted by molar-refractivity contribution is 0.100. The zero-order chi connectivity index (χ0) is 24.1. The number of carbonyl (C=O) groups is 1. The minimum Gasteiger partial charge on any atom is -0.366 e. The Morgan fingerprint density at radius 1 is 1.03 bits per heavy atom. The summed E-state index contributed by atoms with van der Waals surface area (Å²) < 4.78 is 16.4. The minimum atomic E-state index is -0.398. The SMILES string of the molecule is C[C@@H](c1nc2ccc(C(N)=O)cc2n1C1CCC1)C1CCC(c2ccnc3ccc(F)cc23)CC1. The highest BCUT2D eigenvalue weighted by atomic mass is 19.1. The topological polar surface area (TPSA) is 73.8 Å². The second kappa shape index (κ2) is 8.74. The summed E-state index contributed by atoms with van der Waals surface area (Å²) in [5.74, 6) is 1.84. The van der Waals surface area contributed by atoms with Crippen LogP contribution in [0, 0.1) is 11.7 Å². The predicted octanol–water partition coefficient (Wildman–Crippen LogP) is 6.63. The Balaban J connectivity index is 1.27. The maximum atomic E-state index is 14.0. The van der Waals surface area contributed by atoms with Crippen molar-refractivity contribution >= 4 is 27.8 Å². The highest BCUT2D eigenvalue weighted by molar-refractivity contribution is 5.96. The summed E-state index contributed by atoms with van der Waals surface area (Å²) in [6.45, 7) is 2.31. The number of rotatable bonds is 5. The number of hydrogen-bond acceptors (Lipinski definition) is 3. The van der Waals surface area contributed by atoms with E-state index in [1.165, 1.54) is 18.1 Å². The van der Waals surface area contributed by atoms with Gasteiger partial charge in [-0.05, 0) is 105 Å². The molecule has 6 heteroatoms. The van der Waals surface area contributed by atoms with Crippen LogP contribution in [0.4, 0.5) is 4.39 Å². The van der Waals surface area contributed by atoms with E-state index < -0.39 is 5.91 Å². The molecule has 6 rings (SSSR count). The van der Waals surface area contributed by atoms with Crippen molar-refractivity contribution < 1.29 is 9.18 Å². The highest BCUT2D eigenvalue weighted by Crippen LogP contribution is 2.45. The first-order valence-corrected chi connectivity index (χ1v) is 12.9. The quantitative estimate of drug-likeness (QED) is 0.356. The Morgan fingerprint density at radius 3 is 2.51 bits per heavy atom. The summed E-state index contributed by atoms with van der Waals surface area (Å²) in [5.41, 5.74) is 10.2. The summed E-state index contributed by atoms with van der Waals surface area (Å²) in [6.07, 6.45) is 9.80. The average molecular weight is 471 g/mol. The molecule has 0 bridgehead atoms. The van der Waals surface area contributed by atoms with Crippen LogP contribution in [0.1, 0.15) is 91.5 Å². The van der Waals surface area contributed by atoms with Crippen LogP contribution >= 0.6 is 0 Å². The van der Waals surface area contributed by atoms with Gasteiger partial charge in [0, 0.05) is 29.1 Å². The predicted molar refractivity (Wildman–Crippen MR) is 136 cm³/mol. The van der Waals surface area contributed by atoms with Gasteiger partial charge in [-0.2, -0.15) is 0 Å². The van der Waals surface area contributed by atoms with Gasteiger partial charge < -0.3 is 10.3 Å². The van der Waals surface area contributed by atoms with Crippen LogP contribution < -0.4 is 5.73 Å². The van der Waals surface area contributed by atoms with E-state index in [1.54, 1.807) is 18.2 Å². The van der Waals surface area contributed by atoms with Crippen LogP contribution in [0.3, 0.4) is 0 Å². The van der Waals surface area contributed by atoms with Crippen molar-refractivity contribution in [2.45, 2.75) is 69.7 Å². The Hall–Kier alpha value is -3.28. The Morgan fingerprint density at radius 2 is 1.80 bits per heavy atom. The molecular weight excluding hydrogens is 439 g/mol. The van der Waals surface area contributed by atoms with Crippen LogP contribution in [0.2, 0.25) is 0 Å². The van der Waals surface area contributed by atoms with Gasteiger partial charge >= 0.3 is 0 Å². The number of nitrogens with two attached hydrogens (primary N) is 1. The minimum absolute atomic E-state index is 0.205. The molecule has 2 aliphatic carbocycles. The van der Waals surface area contributed by atoms with Gasteiger partial charge in [0.25, 0.3) is 0 Å². The third-order valence-electron chi connectivity index (χ3n) is 8.50. The molecule has 1 amide bonds. The molecule has 2 heterocycles. The zero-order valence-corrected chi connectivity index (χ0v) is 20.1. The number of pyridine rings is 1. The summed E-state index contributed by atoms with van der Waals surface area (Å²) in [7, 11) is 0. The first-order chi connectivity index (χ1) is 17.0. The second-order valence-electron chi connectivity index (χ2n) is 10.5. The molecule has 0 saturated heterocycles. The highest BCUT2D eigenvalue weighted by Gasteiger charge is 2.33. The van der Waals surface area contributed by atoms with Gasteiger partial charge in [-0.3, -0.25) is 9.78 Å². The van der Waals surface area contributed by atoms with E-state index in [2.05, 4.69) is 22.5 Å². The van der Waals surface area contributed by atoms with Crippen molar-refractivity contribution in [3.63, 3.8) is 0 Å². The first kappa shape index (κ1) is 22.2. The molecule has 1 atom stereocenters. The summed E-state index contributed by atoms with van der Waals surface area (Å²) >= 11 is 0. The molecule has 2 aromatic carbocycles. The number of fused-ring (bicyclic) bond motifs is 2. The number of carbonyl (C=O) groups excluding carboxylic acids is 1. The molecule has 5 nitrogen and oxygen atoms in total. The third kappa shape index (κ3) is 3.89. The van der Waals surface area contributed by atoms with Crippen LogP contribution in [-0.2, 0) is 0 Å². The van der Waals surface area contributed by atoms with Crippen LogP contribution in [0.5, 0.6) is 0 Å². The molecule has 0 aliphatic heterocycles. The van der Waals surface area contributed by atoms with E-state index >= 15 is 0 Å². The van der Waals surface area contributed by atoms with Crippen LogP contribution in [0.15, 0.2) is 48.7 Å². The van der Waals surface area contributed by atoms with Crippen LogP contribution in [0.25, 0.3) is 21.9 Å². The van der Waals surface area contributed by atoms with E-state index in [1.807, 2.05) is 18.3 Å². The Bertz CT molecular complexity index is 1420. The Labute approximate surface area is 204 Å². The number of amides is 1. The van der Waals surface area contributed by atoms with Crippen molar-refractivity contribution in [2.24, 2.45) is 11.7 Å². The van der Waals surface area contributed by atoms with Gasteiger partial charge in [0.1, 0.15) is 11.6 Å². The second-order valence-corrected chi connectivity index (χ2v) is 10.5. The molecule has 2 aliphatic rings. The lowest BCUT2D eigenvalue weighted by atomic mass is 9.73. The first-order valence-electron chi connectivity index (χ1n) is 12.9. The van der Waals surface area contributed by atoms with E-state index in [4.69, 9.17) is 10.7 Å². The zero-order valence-electron chi connectivity index (χ0n) is 20.1. The molecule has 2 N–H and O–H groups in total. The lowest BCUT2D eigenvalue weighted by Gasteiger charge is -2.35. The standard InChI is InChI=1S/C29H31FN4O/c1-17(29-33-26-11-9-20(28(31)35)15-27(26)34(29)22-3-2-4-22)18-5-7-19(8-6-18)23-13-14-32-25-12-10-21(30)16-24(23)25/h9-19,22H,2-8H2,1H3,(H2,31,35)/t17-,18?,19?/m1/s1. The van der Waals surface area contributed by atoms with Gasteiger partial charge in [0.15, 0.2) is 0 Å². The fourth-order valence-electron chi connectivity index (χ4n) is 6.25. The van der Waals surface area contributed by atoms with Crippen molar-refractivity contribution in [3.05, 3.63) is 71.4 Å². The molecular formula is C29H31FN4O. The number of benzene rings is 2. The molecule has 2 saturated carbocycles. The van der Waals surface area contributed by atoms with E-state index in [-0.39, 0.29) is 5.82 Å². The molecule has 0 unspecified atom stereocenters. The van der Waals surface area contributed by atoms with Gasteiger partial charge in [-0.1, -0.05) is 6.92 Å². The van der Waals surface area contributed by atoms with Crippen molar-refractivity contribution in [1.82, 2.24) is 14.5 Å². The summed E-state index contributed by atoms with van der Waals surface area (Å²) in [6, 6.07) is 13.1. The smallest absolute Gasteiger partial charge is 0.248 e. The lowest BCUT2D eigenvalue weighted by Crippen LogP contribution is -2.24. The van der Waals surface area contributed by atoms with Crippen molar-refractivity contribution in [1.29, 1.82) is 0 Å². The van der Waals surface area contributed by atoms with Gasteiger partial charge in [0.2, 0.25) is 5.91 Å². The molecule has 4 aromatic rings. The fraction of sp³-hybridized carbons (Fsp3) is 0.414. The van der Waals surface area contributed by atoms with Gasteiger partial charge in [-0.25, -0.2) is 9.37 Å². The van der Waals surface area contributed by atoms with E-state index in [0.29, 0.717) is 29.4 Å². The number of imidazole rings is 1. The maximum Gasteiger partial charge on any atom is 0.248 e. The Kier molecular flexibility index (Phi) is 5.54. The number of hydrogen-bond donors (Lipinski definition) is 1. The average Bonchev–Trinajstić information content (AvgIpc) is 3.20. The molecule has 180 valence electrons. The van der Waals surface area contributed by atoms with E-state index in [0.717, 1.165) is 66.3 Å². The van der Waals surface area contributed by atoms with Gasteiger partial charge in [-0.15, -0.1) is 0 Å². The fourth-order valence-corrected chi connectivity index (χ4v) is 6.25. The summed E-state index contributed by atoms with van der Waals surface area (Å²) in [5, 5.41) is 0.945. The molecule has 0 spiro atoms. The molecule has 35 heavy (non-hydrogen) atoms. The van der Waals surface area contributed by atoms with Crippen molar-refractivity contribution in [3.8, 4) is 0 Å². The molecule has 0 radical (unpaired) electrons. The molecule has 2 fully saturated rings. The number of halogens is 1.